The Hall–Kier alpha value is -1.59. The van der Waals surface area contributed by atoms with Crippen molar-refractivity contribution < 1.29 is 27.4 Å². The summed E-state index contributed by atoms with van der Waals surface area (Å²) in [5, 5.41) is 19.7. The molecule has 2 rings (SSSR count). The SMILES string of the molecule is CC(C)(C)c1ccccc1OCC(O)CN(CCO)Cc1ccccc1.[Cl-]. The molecule has 1 atom stereocenters. The van der Waals surface area contributed by atoms with Crippen LogP contribution in [0.1, 0.15) is 31.9 Å². The molecule has 0 heterocycles. The van der Waals surface area contributed by atoms with E-state index >= 15 is 0 Å². The zero-order valence-electron chi connectivity index (χ0n) is 16.4. The van der Waals surface area contributed by atoms with E-state index < -0.39 is 6.10 Å². The topological polar surface area (TPSA) is 52.9 Å². The van der Waals surface area contributed by atoms with Gasteiger partial charge in [-0.1, -0.05) is 69.3 Å². The molecule has 27 heavy (non-hydrogen) atoms. The maximum atomic E-state index is 10.4. The molecule has 2 N–H and O–H groups in total. The second kappa shape index (κ2) is 11.3. The Labute approximate surface area is 169 Å². The summed E-state index contributed by atoms with van der Waals surface area (Å²) in [6.45, 7) is 8.39. The van der Waals surface area contributed by atoms with Gasteiger partial charge in [0.15, 0.2) is 0 Å². The van der Waals surface area contributed by atoms with Crippen molar-refractivity contribution in [2.45, 2.75) is 38.8 Å². The van der Waals surface area contributed by atoms with Crippen LogP contribution in [-0.2, 0) is 12.0 Å². The molecule has 0 spiro atoms. The van der Waals surface area contributed by atoms with E-state index in [0.29, 0.717) is 19.6 Å². The smallest absolute Gasteiger partial charge is 0.123 e. The minimum atomic E-state index is -0.627. The van der Waals surface area contributed by atoms with Gasteiger partial charge in [0.2, 0.25) is 0 Å². The van der Waals surface area contributed by atoms with Crippen LogP contribution in [0.2, 0.25) is 0 Å². The van der Waals surface area contributed by atoms with Gasteiger partial charge in [-0.05, 0) is 22.6 Å². The lowest BCUT2D eigenvalue weighted by Crippen LogP contribution is -3.00. The molecule has 150 valence electrons. The summed E-state index contributed by atoms with van der Waals surface area (Å²) in [5.74, 6) is 0.816. The van der Waals surface area contributed by atoms with Crippen LogP contribution in [-0.4, -0.2) is 47.5 Å². The summed E-state index contributed by atoms with van der Waals surface area (Å²) < 4.78 is 5.92. The van der Waals surface area contributed by atoms with Crippen molar-refractivity contribution >= 4 is 0 Å². The molecule has 1 unspecified atom stereocenters. The standard InChI is InChI=1S/C22H31NO3.ClH/c1-22(2,3)20-11-7-8-12-21(20)26-17-19(25)16-23(13-14-24)15-18-9-5-4-6-10-18;/h4-12,19,24-25H,13-17H2,1-3H3;1H/p-1. The Balaban J connectivity index is 0.00000364. The number of benzene rings is 2. The van der Waals surface area contributed by atoms with Gasteiger partial charge in [0, 0.05) is 19.6 Å². The molecule has 0 aliphatic rings. The van der Waals surface area contributed by atoms with Gasteiger partial charge in [-0.3, -0.25) is 4.90 Å². The Morgan fingerprint density at radius 2 is 1.63 bits per heavy atom. The average Bonchev–Trinajstić information content (AvgIpc) is 2.60. The van der Waals surface area contributed by atoms with Crippen molar-refractivity contribution in [3.05, 3.63) is 65.7 Å². The lowest BCUT2D eigenvalue weighted by Gasteiger charge is -2.26. The van der Waals surface area contributed by atoms with Crippen LogP contribution in [0.3, 0.4) is 0 Å². The molecule has 0 fully saturated rings. The van der Waals surface area contributed by atoms with E-state index in [0.717, 1.165) is 16.9 Å². The van der Waals surface area contributed by atoms with E-state index in [1.165, 1.54) is 0 Å². The summed E-state index contributed by atoms with van der Waals surface area (Å²) in [6, 6.07) is 18.0. The third-order valence-corrected chi connectivity index (χ3v) is 4.26. The van der Waals surface area contributed by atoms with Crippen LogP contribution in [0, 0.1) is 0 Å². The van der Waals surface area contributed by atoms with Crippen LogP contribution in [0.4, 0.5) is 0 Å². The Kier molecular flexibility index (Phi) is 9.81. The minimum Gasteiger partial charge on any atom is -1.00 e. The number of hydrogen-bond donors (Lipinski definition) is 2. The number of aliphatic hydroxyl groups is 2. The number of aliphatic hydroxyl groups excluding tert-OH is 2. The lowest BCUT2D eigenvalue weighted by atomic mass is 9.86. The Morgan fingerprint density at radius 3 is 2.26 bits per heavy atom. The molecular weight excluding hydrogens is 362 g/mol. The summed E-state index contributed by atoms with van der Waals surface area (Å²) in [6.07, 6.45) is -0.627. The molecule has 0 saturated heterocycles. The largest absolute Gasteiger partial charge is 1.00 e. The molecule has 0 radical (unpaired) electrons. The first-order valence-corrected chi connectivity index (χ1v) is 9.17. The summed E-state index contributed by atoms with van der Waals surface area (Å²) in [7, 11) is 0. The van der Waals surface area contributed by atoms with E-state index in [1.54, 1.807) is 0 Å². The second-order valence-corrected chi connectivity index (χ2v) is 7.66. The normalized spacial score (nSPS) is 12.5. The van der Waals surface area contributed by atoms with Gasteiger partial charge in [-0.25, -0.2) is 0 Å². The van der Waals surface area contributed by atoms with Gasteiger partial charge in [-0.2, -0.15) is 0 Å². The lowest BCUT2D eigenvalue weighted by molar-refractivity contribution is -0.0000104. The van der Waals surface area contributed by atoms with Gasteiger partial charge < -0.3 is 27.4 Å². The van der Waals surface area contributed by atoms with Crippen molar-refractivity contribution in [3.8, 4) is 5.75 Å². The fourth-order valence-corrected chi connectivity index (χ4v) is 2.97. The molecule has 0 aromatic heterocycles. The second-order valence-electron chi connectivity index (χ2n) is 7.66. The maximum absolute atomic E-state index is 10.4. The Morgan fingerprint density at radius 1 is 1.00 bits per heavy atom. The molecule has 0 bridgehead atoms. The zero-order valence-corrected chi connectivity index (χ0v) is 17.2. The van der Waals surface area contributed by atoms with Crippen molar-refractivity contribution in [1.29, 1.82) is 0 Å². The summed E-state index contributed by atoms with van der Waals surface area (Å²) in [4.78, 5) is 2.04. The molecule has 0 aliphatic heterocycles. The van der Waals surface area contributed by atoms with Gasteiger partial charge >= 0.3 is 0 Å². The molecule has 0 aliphatic carbocycles. The van der Waals surface area contributed by atoms with Crippen molar-refractivity contribution in [2.75, 3.05) is 26.3 Å². The van der Waals surface area contributed by atoms with Crippen LogP contribution in [0.15, 0.2) is 54.6 Å². The van der Waals surface area contributed by atoms with Gasteiger partial charge in [0.25, 0.3) is 0 Å². The first-order chi connectivity index (χ1) is 12.4. The highest BCUT2D eigenvalue weighted by atomic mass is 35.5. The van der Waals surface area contributed by atoms with E-state index in [-0.39, 0.29) is 31.0 Å². The molecule has 0 saturated carbocycles. The van der Waals surface area contributed by atoms with Gasteiger partial charge in [0.1, 0.15) is 18.5 Å². The molecule has 2 aromatic carbocycles. The first-order valence-electron chi connectivity index (χ1n) is 9.17. The summed E-state index contributed by atoms with van der Waals surface area (Å²) in [5.41, 5.74) is 2.27. The number of halogens is 1. The van der Waals surface area contributed by atoms with E-state index in [9.17, 15) is 10.2 Å². The number of ether oxygens (including phenoxy) is 1. The molecular formula is C22H31ClNO3-. The van der Waals surface area contributed by atoms with Crippen LogP contribution in [0.25, 0.3) is 0 Å². The quantitative estimate of drug-likeness (QED) is 0.641. The van der Waals surface area contributed by atoms with E-state index in [4.69, 9.17) is 4.74 Å². The highest BCUT2D eigenvalue weighted by Crippen LogP contribution is 2.30. The predicted molar refractivity (Wildman–Crippen MR) is 105 cm³/mol. The van der Waals surface area contributed by atoms with E-state index in [1.807, 2.05) is 53.4 Å². The maximum Gasteiger partial charge on any atom is 0.123 e. The third-order valence-electron chi connectivity index (χ3n) is 4.26. The molecule has 2 aromatic rings. The van der Waals surface area contributed by atoms with Crippen molar-refractivity contribution in [3.63, 3.8) is 0 Å². The molecule has 4 nitrogen and oxygen atoms in total. The number of hydrogen-bond acceptors (Lipinski definition) is 4. The van der Waals surface area contributed by atoms with Crippen LogP contribution >= 0.6 is 0 Å². The molecule has 0 amide bonds. The fraction of sp³-hybridized carbons (Fsp3) is 0.455. The predicted octanol–water partition coefficient (Wildman–Crippen LogP) is 0.222. The third kappa shape index (κ3) is 7.89. The van der Waals surface area contributed by atoms with Crippen LogP contribution < -0.4 is 17.1 Å². The molecule has 5 heteroatoms. The van der Waals surface area contributed by atoms with Crippen LogP contribution in [0.5, 0.6) is 5.75 Å². The van der Waals surface area contributed by atoms with Crippen molar-refractivity contribution in [1.82, 2.24) is 4.90 Å². The minimum absolute atomic E-state index is 0. The van der Waals surface area contributed by atoms with Crippen molar-refractivity contribution in [2.24, 2.45) is 0 Å². The number of rotatable bonds is 9. The summed E-state index contributed by atoms with van der Waals surface area (Å²) >= 11 is 0. The monoisotopic (exact) mass is 392 g/mol. The van der Waals surface area contributed by atoms with E-state index in [2.05, 4.69) is 26.8 Å². The highest BCUT2D eigenvalue weighted by Gasteiger charge is 2.19. The number of nitrogens with zero attached hydrogens (tertiary/aromatic N) is 1. The zero-order chi connectivity index (χ0) is 19.0. The van der Waals surface area contributed by atoms with Gasteiger partial charge in [-0.15, -0.1) is 0 Å². The Bertz CT molecular complexity index is 658. The fourth-order valence-electron chi connectivity index (χ4n) is 2.97. The first kappa shape index (κ1) is 23.4. The average molecular weight is 393 g/mol. The van der Waals surface area contributed by atoms with Gasteiger partial charge in [0.05, 0.1) is 6.61 Å². The number of para-hydroxylation sites is 1. The highest BCUT2D eigenvalue weighted by molar-refractivity contribution is 5.38.